The first-order valence-electron chi connectivity index (χ1n) is 10.4. The van der Waals surface area contributed by atoms with Crippen LogP contribution in [0.5, 0.6) is 0 Å². The molecule has 1 spiro atoms. The van der Waals surface area contributed by atoms with Crippen molar-refractivity contribution in [3.63, 3.8) is 0 Å². The lowest BCUT2D eigenvalue weighted by molar-refractivity contribution is -0.157. The van der Waals surface area contributed by atoms with Gasteiger partial charge in [0.1, 0.15) is 12.1 Å². The van der Waals surface area contributed by atoms with Crippen LogP contribution in [0.4, 0.5) is 4.79 Å². The predicted molar refractivity (Wildman–Crippen MR) is 101 cm³/mol. The second-order valence-electron chi connectivity index (χ2n) is 8.63. The van der Waals surface area contributed by atoms with E-state index in [-0.39, 0.29) is 17.9 Å². The van der Waals surface area contributed by atoms with Gasteiger partial charge in [0.2, 0.25) is 0 Å². The van der Waals surface area contributed by atoms with Crippen LogP contribution in [0.25, 0.3) is 0 Å². The maximum Gasteiger partial charge on any atom is 0.327 e. The smallest absolute Gasteiger partial charge is 0.327 e. The average Bonchev–Trinajstić information content (AvgIpc) is 3.20. The van der Waals surface area contributed by atoms with Crippen LogP contribution in [-0.2, 0) is 19.1 Å². The number of carbonyl (C=O) groups excluding carboxylic acids is 4. The lowest BCUT2D eigenvalue weighted by atomic mass is 9.78. The number of nitrogens with zero attached hydrogens (tertiary/aromatic N) is 1. The number of ether oxygens (including phenoxy) is 1. The van der Waals surface area contributed by atoms with Gasteiger partial charge in [-0.3, -0.25) is 19.3 Å². The van der Waals surface area contributed by atoms with Crippen molar-refractivity contribution in [2.24, 2.45) is 11.8 Å². The molecule has 0 unspecified atom stereocenters. The van der Waals surface area contributed by atoms with Gasteiger partial charge < -0.3 is 15.4 Å². The maximum atomic E-state index is 12.6. The summed E-state index contributed by atoms with van der Waals surface area (Å²) >= 11 is 0. The highest BCUT2D eigenvalue weighted by Crippen LogP contribution is 2.35. The molecule has 3 aliphatic rings. The minimum atomic E-state index is -0.974. The Morgan fingerprint density at radius 3 is 2.57 bits per heavy atom. The van der Waals surface area contributed by atoms with E-state index in [1.807, 2.05) is 0 Å². The Balaban J connectivity index is 1.51. The first-order chi connectivity index (χ1) is 13.2. The molecule has 2 saturated carbocycles. The minimum absolute atomic E-state index is 0.0746. The van der Waals surface area contributed by atoms with Crippen LogP contribution < -0.4 is 10.6 Å². The molecule has 28 heavy (non-hydrogen) atoms. The number of nitrogens with one attached hydrogen (secondary N) is 2. The SMILES string of the molecule is C[C@@H]1[C@H](C)CCC[C@@H]1NC(=O)[C@@H](C)OC(=O)CN1C(=O)NC2(CCCC2)C1=O. The van der Waals surface area contributed by atoms with Crippen molar-refractivity contribution in [3.05, 3.63) is 0 Å². The van der Waals surface area contributed by atoms with Crippen LogP contribution in [0.1, 0.15) is 65.7 Å². The van der Waals surface area contributed by atoms with Gasteiger partial charge >= 0.3 is 12.0 Å². The highest BCUT2D eigenvalue weighted by molar-refractivity contribution is 6.08. The number of carbonyl (C=O) groups is 4. The van der Waals surface area contributed by atoms with E-state index in [0.29, 0.717) is 24.7 Å². The first-order valence-corrected chi connectivity index (χ1v) is 10.4. The first kappa shape index (κ1) is 20.6. The average molecular weight is 393 g/mol. The zero-order valence-corrected chi connectivity index (χ0v) is 17.0. The van der Waals surface area contributed by atoms with Gasteiger partial charge in [-0.15, -0.1) is 0 Å². The third-order valence-corrected chi connectivity index (χ3v) is 6.70. The number of rotatable bonds is 5. The van der Waals surface area contributed by atoms with E-state index in [9.17, 15) is 19.2 Å². The standard InChI is InChI=1S/C20H31N3O5/c1-12-7-6-8-15(13(12)2)21-17(25)14(3)28-16(24)11-23-18(26)20(22-19(23)27)9-4-5-10-20/h12-15H,4-11H2,1-3H3,(H,21,25)(H,22,27)/t12-,13-,14-,15+/m1/s1. The highest BCUT2D eigenvalue weighted by atomic mass is 16.5. The molecule has 2 aliphatic carbocycles. The molecule has 0 aromatic rings. The lowest BCUT2D eigenvalue weighted by Crippen LogP contribution is -2.48. The van der Waals surface area contributed by atoms with Gasteiger partial charge in [-0.25, -0.2) is 4.79 Å². The van der Waals surface area contributed by atoms with Gasteiger partial charge in [-0.2, -0.15) is 0 Å². The van der Waals surface area contributed by atoms with E-state index in [1.54, 1.807) is 0 Å². The van der Waals surface area contributed by atoms with Gasteiger partial charge in [0.05, 0.1) is 0 Å². The van der Waals surface area contributed by atoms with Crippen LogP contribution in [0.15, 0.2) is 0 Å². The molecule has 4 amide bonds. The molecule has 156 valence electrons. The molecule has 0 bridgehead atoms. The third-order valence-electron chi connectivity index (χ3n) is 6.70. The summed E-state index contributed by atoms with van der Waals surface area (Å²) in [5.41, 5.74) is -0.853. The summed E-state index contributed by atoms with van der Waals surface area (Å²) in [4.78, 5) is 50.3. The normalized spacial score (nSPS) is 30.2. The quantitative estimate of drug-likeness (QED) is 0.547. The Labute approximate surface area is 165 Å². The van der Waals surface area contributed by atoms with E-state index in [0.717, 1.165) is 37.0 Å². The van der Waals surface area contributed by atoms with Crippen molar-refractivity contribution in [2.75, 3.05) is 6.54 Å². The van der Waals surface area contributed by atoms with Crippen molar-refractivity contribution in [3.8, 4) is 0 Å². The molecule has 1 aliphatic heterocycles. The van der Waals surface area contributed by atoms with Gasteiger partial charge in [0.15, 0.2) is 6.10 Å². The fourth-order valence-electron chi connectivity index (χ4n) is 4.64. The van der Waals surface area contributed by atoms with Crippen molar-refractivity contribution in [1.29, 1.82) is 0 Å². The Bertz CT molecular complexity index is 658. The number of hydrogen-bond donors (Lipinski definition) is 2. The van der Waals surface area contributed by atoms with E-state index in [1.165, 1.54) is 6.92 Å². The molecule has 0 aromatic carbocycles. The monoisotopic (exact) mass is 393 g/mol. The van der Waals surface area contributed by atoms with Gasteiger partial charge in [0.25, 0.3) is 11.8 Å². The highest BCUT2D eigenvalue weighted by Gasteiger charge is 2.52. The molecule has 8 nitrogen and oxygen atoms in total. The molecular formula is C20H31N3O5. The third kappa shape index (κ3) is 4.00. The van der Waals surface area contributed by atoms with E-state index in [2.05, 4.69) is 24.5 Å². The predicted octanol–water partition coefficient (Wildman–Crippen LogP) is 1.72. The Hall–Kier alpha value is -2.12. The minimum Gasteiger partial charge on any atom is -0.451 e. The van der Waals surface area contributed by atoms with Crippen molar-refractivity contribution >= 4 is 23.8 Å². The Morgan fingerprint density at radius 2 is 1.89 bits per heavy atom. The fourth-order valence-corrected chi connectivity index (χ4v) is 4.64. The Kier molecular flexibility index (Phi) is 5.95. The number of esters is 1. The van der Waals surface area contributed by atoms with Gasteiger partial charge in [-0.1, -0.05) is 39.5 Å². The molecule has 3 rings (SSSR count). The van der Waals surface area contributed by atoms with Crippen molar-refractivity contribution < 1.29 is 23.9 Å². The zero-order valence-electron chi connectivity index (χ0n) is 17.0. The second-order valence-corrected chi connectivity index (χ2v) is 8.63. The number of amides is 4. The maximum absolute atomic E-state index is 12.6. The molecule has 1 saturated heterocycles. The van der Waals surface area contributed by atoms with Crippen LogP contribution in [0, 0.1) is 11.8 Å². The molecule has 0 aromatic heterocycles. The second kappa shape index (κ2) is 8.09. The molecule has 2 N–H and O–H groups in total. The van der Waals surface area contributed by atoms with Crippen LogP contribution >= 0.6 is 0 Å². The van der Waals surface area contributed by atoms with E-state index in [4.69, 9.17) is 4.74 Å². The van der Waals surface area contributed by atoms with E-state index < -0.39 is 30.2 Å². The summed E-state index contributed by atoms with van der Waals surface area (Å²) in [5.74, 6) is -0.558. The van der Waals surface area contributed by atoms with Crippen LogP contribution in [0.3, 0.4) is 0 Å². The van der Waals surface area contributed by atoms with Gasteiger partial charge in [0, 0.05) is 6.04 Å². The number of imide groups is 1. The van der Waals surface area contributed by atoms with E-state index >= 15 is 0 Å². The summed E-state index contributed by atoms with van der Waals surface area (Å²) in [7, 11) is 0. The van der Waals surface area contributed by atoms with Crippen molar-refractivity contribution in [2.45, 2.75) is 83.4 Å². The molecule has 1 heterocycles. The topological polar surface area (TPSA) is 105 Å². The Morgan fingerprint density at radius 1 is 1.21 bits per heavy atom. The molecular weight excluding hydrogens is 362 g/mol. The van der Waals surface area contributed by atoms with Gasteiger partial charge in [-0.05, 0) is 38.0 Å². The van der Waals surface area contributed by atoms with Crippen LogP contribution in [-0.4, -0.2) is 52.9 Å². The molecule has 3 fully saturated rings. The number of urea groups is 1. The summed E-state index contributed by atoms with van der Waals surface area (Å²) in [6, 6.07) is -0.489. The number of hydrogen-bond acceptors (Lipinski definition) is 5. The zero-order chi connectivity index (χ0) is 20.5. The molecule has 0 radical (unpaired) electrons. The summed E-state index contributed by atoms with van der Waals surface area (Å²) in [6.07, 6.45) is 5.12. The fraction of sp³-hybridized carbons (Fsp3) is 0.800. The molecule has 4 atom stereocenters. The summed E-state index contributed by atoms with van der Waals surface area (Å²) < 4.78 is 5.20. The lowest BCUT2D eigenvalue weighted by Gasteiger charge is -2.35. The summed E-state index contributed by atoms with van der Waals surface area (Å²) in [6.45, 7) is 5.35. The molecule has 8 heteroatoms. The van der Waals surface area contributed by atoms with Crippen LogP contribution in [0.2, 0.25) is 0 Å². The summed E-state index contributed by atoms with van der Waals surface area (Å²) in [5, 5.41) is 5.70. The largest absolute Gasteiger partial charge is 0.451 e. The van der Waals surface area contributed by atoms with Crippen molar-refractivity contribution in [1.82, 2.24) is 15.5 Å².